The number of nitriles is 1. The van der Waals surface area contributed by atoms with Crippen molar-refractivity contribution in [1.82, 2.24) is 24.8 Å². The van der Waals surface area contributed by atoms with E-state index in [-0.39, 0.29) is 11.9 Å². The van der Waals surface area contributed by atoms with Crippen LogP contribution in [0.5, 0.6) is 0 Å². The minimum absolute atomic E-state index is 0.0477. The van der Waals surface area contributed by atoms with E-state index in [1.54, 1.807) is 6.20 Å². The minimum Gasteiger partial charge on any atom is -0.475 e. The number of imidazole rings is 1. The van der Waals surface area contributed by atoms with E-state index in [4.69, 9.17) is 15.2 Å². The molecule has 5 rings (SSSR count). The molecule has 0 saturated carbocycles. The van der Waals surface area contributed by atoms with Crippen LogP contribution in [-0.4, -0.2) is 55.2 Å². The number of nitrogens with zero attached hydrogens (tertiary/aromatic N) is 5. The van der Waals surface area contributed by atoms with Gasteiger partial charge in [0.25, 0.3) is 0 Å². The second kappa shape index (κ2) is 14.2. The normalized spacial score (nSPS) is 14.5. The van der Waals surface area contributed by atoms with Gasteiger partial charge in [-0.25, -0.2) is 9.78 Å². The lowest BCUT2D eigenvalue weighted by Crippen LogP contribution is -2.50. The van der Waals surface area contributed by atoms with E-state index < -0.39 is 12.1 Å². The summed E-state index contributed by atoms with van der Waals surface area (Å²) in [5.74, 6) is -2.71. The zero-order valence-corrected chi connectivity index (χ0v) is 23.0. The standard InChI is InChI=1S/C29H28N6O.C2HF3O2/c30-15-22-7-9-23(10-8-22)18-35-21-32-17-27(35)11-13-33-29(36)28-14-25-5-1-2-6-26(25)20-34(28)19-24-4-3-12-31-16-24;3-2(4,5)1(6)7/h1-10,12,16-17,21,28H,11,13-14,18-20H2,(H,33,36);(H,6,7)/t28-;/m0./s1. The molecule has 222 valence electrons. The summed E-state index contributed by atoms with van der Waals surface area (Å²) in [6.07, 6.45) is 3.59. The van der Waals surface area contributed by atoms with Crippen LogP contribution in [0.15, 0.2) is 85.6 Å². The molecule has 9 nitrogen and oxygen atoms in total. The molecule has 2 aromatic carbocycles. The highest BCUT2D eigenvalue weighted by atomic mass is 19.4. The monoisotopic (exact) mass is 590 g/mol. The van der Waals surface area contributed by atoms with Gasteiger partial charge < -0.3 is 15.0 Å². The summed E-state index contributed by atoms with van der Waals surface area (Å²) in [6.45, 7) is 2.63. The lowest BCUT2D eigenvalue weighted by atomic mass is 9.93. The summed E-state index contributed by atoms with van der Waals surface area (Å²) in [4.78, 5) is 33.0. The molecular weight excluding hydrogens is 561 g/mol. The summed E-state index contributed by atoms with van der Waals surface area (Å²) < 4.78 is 33.8. The minimum atomic E-state index is -5.08. The number of pyridine rings is 1. The number of benzene rings is 2. The molecule has 1 amide bonds. The number of carboxylic acids is 1. The molecule has 0 aliphatic carbocycles. The molecular formula is C31H29F3N6O3. The van der Waals surface area contributed by atoms with Crippen LogP contribution in [0.25, 0.3) is 0 Å². The third-order valence-corrected chi connectivity index (χ3v) is 6.91. The Hall–Kier alpha value is -5.02. The first-order valence-corrected chi connectivity index (χ1v) is 13.4. The van der Waals surface area contributed by atoms with Crippen molar-refractivity contribution in [1.29, 1.82) is 5.26 Å². The van der Waals surface area contributed by atoms with Crippen molar-refractivity contribution in [2.75, 3.05) is 6.54 Å². The Bertz CT molecular complexity index is 1570. The van der Waals surface area contributed by atoms with E-state index >= 15 is 0 Å². The molecule has 1 aliphatic rings. The predicted octanol–water partition coefficient (Wildman–Crippen LogP) is 4.12. The summed E-state index contributed by atoms with van der Waals surface area (Å²) >= 11 is 0. The number of hydrogen-bond donors (Lipinski definition) is 2. The predicted molar refractivity (Wildman–Crippen MR) is 150 cm³/mol. The van der Waals surface area contributed by atoms with Gasteiger partial charge in [-0.05, 0) is 46.9 Å². The fourth-order valence-corrected chi connectivity index (χ4v) is 4.74. The Kier molecular flexibility index (Phi) is 10.2. The Morgan fingerprint density at radius 3 is 2.35 bits per heavy atom. The van der Waals surface area contributed by atoms with Gasteiger partial charge in [0, 0.05) is 56.9 Å². The molecule has 2 aromatic heterocycles. The third kappa shape index (κ3) is 8.73. The van der Waals surface area contributed by atoms with Gasteiger partial charge in [0.15, 0.2) is 0 Å². The van der Waals surface area contributed by atoms with Crippen molar-refractivity contribution in [2.45, 2.75) is 44.7 Å². The molecule has 0 unspecified atom stereocenters. The fraction of sp³-hybridized carbons (Fsp3) is 0.258. The number of rotatable bonds is 8. The maximum absolute atomic E-state index is 13.4. The molecule has 43 heavy (non-hydrogen) atoms. The Balaban J connectivity index is 0.000000541. The molecule has 0 fully saturated rings. The molecule has 3 heterocycles. The van der Waals surface area contributed by atoms with Crippen LogP contribution >= 0.6 is 0 Å². The van der Waals surface area contributed by atoms with Gasteiger partial charge in [0.2, 0.25) is 5.91 Å². The number of carbonyl (C=O) groups is 2. The van der Waals surface area contributed by atoms with Crippen molar-refractivity contribution in [3.05, 3.63) is 119 Å². The number of fused-ring (bicyclic) bond motifs is 1. The second-order valence-corrected chi connectivity index (χ2v) is 9.92. The van der Waals surface area contributed by atoms with E-state index in [0.717, 1.165) is 23.4 Å². The first-order chi connectivity index (χ1) is 20.6. The molecule has 1 aliphatic heterocycles. The number of hydrogen-bond acceptors (Lipinski definition) is 6. The van der Waals surface area contributed by atoms with Crippen LogP contribution in [0.1, 0.15) is 33.5 Å². The van der Waals surface area contributed by atoms with Crippen LogP contribution in [0, 0.1) is 11.3 Å². The van der Waals surface area contributed by atoms with Gasteiger partial charge >= 0.3 is 12.1 Å². The highest BCUT2D eigenvalue weighted by molar-refractivity contribution is 5.82. The van der Waals surface area contributed by atoms with Crippen molar-refractivity contribution < 1.29 is 27.9 Å². The van der Waals surface area contributed by atoms with E-state index in [9.17, 15) is 18.0 Å². The number of amides is 1. The van der Waals surface area contributed by atoms with Gasteiger partial charge in [-0.2, -0.15) is 18.4 Å². The van der Waals surface area contributed by atoms with Gasteiger partial charge in [0.05, 0.1) is 24.0 Å². The lowest BCUT2D eigenvalue weighted by molar-refractivity contribution is -0.192. The largest absolute Gasteiger partial charge is 0.490 e. The maximum Gasteiger partial charge on any atom is 0.490 e. The Labute approximate surface area is 246 Å². The number of aliphatic carboxylic acids is 1. The molecule has 0 spiro atoms. The summed E-state index contributed by atoms with van der Waals surface area (Å²) in [6, 6.07) is 21.8. The zero-order valence-electron chi connectivity index (χ0n) is 23.0. The first kappa shape index (κ1) is 30.9. The highest BCUT2D eigenvalue weighted by Gasteiger charge is 2.38. The number of halogens is 3. The molecule has 0 saturated heterocycles. The summed E-state index contributed by atoms with van der Waals surface area (Å²) in [5, 5.41) is 19.3. The van der Waals surface area contributed by atoms with Gasteiger partial charge in [-0.15, -0.1) is 0 Å². The average Bonchev–Trinajstić information content (AvgIpc) is 3.44. The van der Waals surface area contributed by atoms with Gasteiger partial charge in [0.1, 0.15) is 0 Å². The number of carbonyl (C=O) groups excluding carboxylic acids is 1. The summed E-state index contributed by atoms with van der Waals surface area (Å²) in [7, 11) is 0. The Morgan fingerprint density at radius 2 is 1.70 bits per heavy atom. The molecule has 12 heteroatoms. The number of nitrogens with one attached hydrogen (secondary N) is 1. The van der Waals surface area contributed by atoms with E-state index in [0.29, 0.717) is 38.0 Å². The quantitative estimate of drug-likeness (QED) is 0.317. The zero-order chi connectivity index (χ0) is 30.8. The van der Waals surface area contributed by atoms with Gasteiger partial charge in [-0.3, -0.25) is 14.7 Å². The third-order valence-electron chi connectivity index (χ3n) is 6.91. The Morgan fingerprint density at radius 1 is 0.977 bits per heavy atom. The smallest absolute Gasteiger partial charge is 0.475 e. The van der Waals surface area contributed by atoms with Crippen molar-refractivity contribution in [2.24, 2.45) is 0 Å². The molecule has 1 atom stereocenters. The van der Waals surface area contributed by atoms with E-state index in [1.807, 2.05) is 55.1 Å². The highest BCUT2D eigenvalue weighted by Crippen LogP contribution is 2.25. The van der Waals surface area contributed by atoms with Crippen molar-refractivity contribution >= 4 is 11.9 Å². The van der Waals surface area contributed by atoms with Crippen LogP contribution in [0.2, 0.25) is 0 Å². The number of alkyl halides is 3. The summed E-state index contributed by atoms with van der Waals surface area (Å²) in [5.41, 5.74) is 6.42. The molecule has 0 bridgehead atoms. The van der Waals surface area contributed by atoms with Crippen LogP contribution in [0.4, 0.5) is 13.2 Å². The molecule has 4 aromatic rings. The first-order valence-electron chi connectivity index (χ1n) is 13.4. The topological polar surface area (TPSA) is 124 Å². The molecule has 2 N–H and O–H groups in total. The van der Waals surface area contributed by atoms with E-state index in [1.165, 1.54) is 11.1 Å². The van der Waals surface area contributed by atoms with Crippen LogP contribution in [0.3, 0.4) is 0 Å². The fourth-order valence-electron chi connectivity index (χ4n) is 4.74. The lowest BCUT2D eigenvalue weighted by Gasteiger charge is -2.36. The van der Waals surface area contributed by atoms with Crippen molar-refractivity contribution in [3.63, 3.8) is 0 Å². The van der Waals surface area contributed by atoms with Crippen molar-refractivity contribution in [3.8, 4) is 6.07 Å². The maximum atomic E-state index is 13.4. The van der Waals surface area contributed by atoms with Crippen LogP contribution in [-0.2, 0) is 42.1 Å². The number of carboxylic acid groups (broad SMARTS) is 1. The van der Waals surface area contributed by atoms with Crippen LogP contribution < -0.4 is 5.32 Å². The SMILES string of the molecule is N#Cc1ccc(Cn2cncc2CCNC(=O)[C@@H]2Cc3ccccc3CN2Cc2cccnc2)cc1.O=C(O)C(F)(F)F. The van der Waals surface area contributed by atoms with Gasteiger partial charge in [-0.1, -0.05) is 42.5 Å². The average molecular weight is 591 g/mol. The molecule has 0 radical (unpaired) electrons. The van der Waals surface area contributed by atoms with E-state index in [2.05, 4.69) is 55.1 Å². The second-order valence-electron chi connectivity index (χ2n) is 9.92. The number of aromatic nitrogens is 3.